The molecule has 2 fully saturated rings. The van der Waals surface area contributed by atoms with Gasteiger partial charge >= 0.3 is 0 Å². The summed E-state index contributed by atoms with van der Waals surface area (Å²) in [7, 11) is 0. The van der Waals surface area contributed by atoms with Crippen molar-refractivity contribution in [3.8, 4) is 0 Å². The monoisotopic (exact) mass is 238 g/mol. The van der Waals surface area contributed by atoms with Crippen molar-refractivity contribution in [2.45, 2.75) is 83.3 Å². The minimum atomic E-state index is 0.181. The van der Waals surface area contributed by atoms with Gasteiger partial charge in [-0.05, 0) is 32.1 Å². The van der Waals surface area contributed by atoms with Crippen LogP contribution < -0.4 is 0 Å². The molecule has 1 saturated carbocycles. The minimum absolute atomic E-state index is 0.181. The van der Waals surface area contributed by atoms with Crippen LogP contribution in [0.1, 0.15) is 71.6 Å². The molecule has 0 aromatic rings. The summed E-state index contributed by atoms with van der Waals surface area (Å²) < 4.78 is 6.27. The van der Waals surface area contributed by atoms with Crippen LogP contribution in [0.25, 0.3) is 0 Å². The topological polar surface area (TPSA) is 26.3 Å². The van der Waals surface area contributed by atoms with Gasteiger partial charge in [-0.3, -0.25) is 4.79 Å². The number of Topliss-reactive ketones (excluding diaryl/α,β-unsaturated/α-hetero) is 1. The first kappa shape index (κ1) is 13.1. The number of hydrogen-bond donors (Lipinski definition) is 0. The molecule has 0 amide bonds. The highest BCUT2D eigenvalue weighted by Gasteiger charge is 2.40. The Hall–Kier alpha value is -0.370. The maximum Gasteiger partial charge on any atom is 0.135 e. The van der Waals surface area contributed by atoms with Gasteiger partial charge in [0, 0.05) is 12.3 Å². The summed E-state index contributed by atoms with van der Waals surface area (Å²) in [6.45, 7) is 3.97. The van der Waals surface area contributed by atoms with Gasteiger partial charge in [-0.15, -0.1) is 0 Å². The van der Waals surface area contributed by atoms with Crippen LogP contribution in [-0.2, 0) is 9.53 Å². The molecule has 1 unspecified atom stereocenters. The Morgan fingerprint density at radius 1 is 1.24 bits per heavy atom. The molecule has 0 aromatic carbocycles. The zero-order chi connectivity index (χ0) is 12.3. The molecule has 2 nitrogen and oxygen atoms in total. The lowest BCUT2D eigenvalue weighted by Gasteiger charge is -2.33. The van der Waals surface area contributed by atoms with Crippen molar-refractivity contribution in [3.63, 3.8) is 0 Å². The first-order valence-electron chi connectivity index (χ1n) is 7.32. The molecular weight excluding hydrogens is 212 g/mol. The smallest absolute Gasteiger partial charge is 0.135 e. The standard InChI is InChI=1S/C15H26O2/c1-12(2)14(16)7-6-13-8-11-15(17-13)9-4-3-5-10-15/h12-13H,3-11H2,1-2H3. The van der Waals surface area contributed by atoms with Gasteiger partial charge in [0.15, 0.2) is 0 Å². The second-order valence-electron chi connectivity index (χ2n) is 6.18. The van der Waals surface area contributed by atoms with E-state index in [2.05, 4.69) is 0 Å². The third-order valence-electron chi connectivity index (χ3n) is 4.46. The van der Waals surface area contributed by atoms with Crippen molar-refractivity contribution < 1.29 is 9.53 Å². The molecule has 1 spiro atoms. The maximum atomic E-state index is 11.6. The van der Waals surface area contributed by atoms with Crippen molar-refractivity contribution in [3.05, 3.63) is 0 Å². The van der Waals surface area contributed by atoms with E-state index in [9.17, 15) is 4.79 Å². The molecule has 0 bridgehead atoms. The van der Waals surface area contributed by atoms with Gasteiger partial charge in [0.05, 0.1) is 11.7 Å². The number of ether oxygens (including phenoxy) is 1. The fourth-order valence-electron chi connectivity index (χ4n) is 3.25. The van der Waals surface area contributed by atoms with Crippen molar-refractivity contribution in [1.29, 1.82) is 0 Å². The first-order valence-corrected chi connectivity index (χ1v) is 7.32. The lowest BCUT2D eigenvalue weighted by molar-refractivity contribution is -0.123. The maximum absolute atomic E-state index is 11.6. The predicted molar refractivity (Wildman–Crippen MR) is 69.0 cm³/mol. The summed E-state index contributed by atoms with van der Waals surface area (Å²) in [6, 6.07) is 0. The van der Waals surface area contributed by atoms with Gasteiger partial charge in [-0.25, -0.2) is 0 Å². The van der Waals surface area contributed by atoms with Crippen LogP contribution in [0.2, 0.25) is 0 Å². The summed E-state index contributed by atoms with van der Waals surface area (Å²) in [4.78, 5) is 11.6. The molecule has 17 heavy (non-hydrogen) atoms. The van der Waals surface area contributed by atoms with E-state index in [0.29, 0.717) is 18.3 Å². The molecule has 2 rings (SSSR count). The average molecular weight is 238 g/mol. The summed E-state index contributed by atoms with van der Waals surface area (Å²) in [5.41, 5.74) is 0.212. The molecule has 0 radical (unpaired) electrons. The highest BCUT2D eigenvalue weighted by Crippen LogP contribution is 2.42. The highest BCUT2D eigenvalue weighted by atomic mass is 16.5. The van der Waals surface area contributed by atoms with Crippen LogP contribution in [0.5, 0.6) is 0 Å². The molecule has 1 atom stereocenters. The second-order valence-corrected chi connectivity index (χ2v) is 6.18. The van der Waals surface area contributed by atoms with Gasteiger partial charge in [0.1, 0.15) is 5.78 Å². The zero-order valence-electron chi connectivity index (χ0n) is 11.3. The largest absolute Gasteiger partial charge is 0.372 e. The van der Waals surface area contributed by atoms with Gasteiger partial charge < -0.3 is 4.74 Å². The van der Waals surface area contributed by atoms with E-state index < -0.39 is 0 Å². The van der Waals surface area contributed by atoms with E-state index in [1.807, 2.05) is 13.8 Å². The van der Waals surface area contributed by atoms with Crippen molar-refractivity contribution >= 4 is 5.78 Å². The lowest BCUT2D eigenvalue weighted by atomic mass is 9.83. The molecule has 2 aliphatic rings. The Labute approximate surface area is 105 Å². The fraction of sp³-hybridized carbons (Fsp3) is 0.933. The Morgan fingerprint density at radius 3 is 2.59 bits per heavy atom. The quantitative estimate of drug-likeness (QED) is 0.743. The van der Waals surface area contributed by atoms with Gasteiger partial charge in [0.25, 0.3) is 0 Å². The number of hydrogen-bond acceptors (Lipinski definition) is 2. The Morgan fingerprint density at radius 2 is 1.94 bits per heavy atom. The van der Waals surface area contributed by atoms with Crippen molar-refractivity contribution in [2.75, 3.05) is 0 Å². The number of rotatable bonds is 4. The summed E-state index contributed by atoms with van der Waals surface area (Å²) in [5, 5.41) is 0. The molecule has 0 aromatic heterocycles. The third kappa shape index (κ3) is 3.31. The highest BCUT2D eigenvalue weighted by molar-refractivity contribution is 5.80. The van der Waals surface area contributed by atoms with Gasteiger partial charge in [-0.1, -0.05) is 33.1 Å². The van der Waals surface area contributed by atoms with Gasteiger partial charge in [0.2, 0.25) is 0 Å². The van der Waals surface area contributed by atoms with Gasteiger partial charge in [-0.2, -0.15) is 0 Å². The molecular formula is C15H26O2. The van der Waals surface area contributed by atoms with Crippen molar-refractivity contribution in [2.24, 2.45) is 5.92 Å². The summed E-state index contributed by atoms with van der Waals surface area (Å²) >= 11 is 0. The van der Waals surface area contributed by atoms with E-state index in [4.69, 9.17) is 4.74 Å². The SMILES string of the molecule is CC(C)C(=O)CCC1CCC2(CCCCC2)O1. The van der Waals surface area contributed by atoms with Crippen LogP contribution in [0.4, 0.5) is 0 Å². The second kappa shape index (κ2) is 5.51. The molecule has 1 saturated heterocycles. The van der Waals surface area contributed by atoms with E-state index in [-0.39, 0.29) is 11.5 Å². The zero-order valence-corrected chi connectivity index (χ0v) is 11.3. The Bertz CT molecular complexity index is 264. The van der Waals surface area contributed by atoms with Crippen molar-refractivity contribution in [1.82, 2.24) is 0 Å². The Kier molecular flexibility index (Phi) is 4.24. The lowest BCUT2D eigenvalue weighted by Crippen LogP contribution is -2.31. The number of ketones is 1. The van der Waals surface area contributed by atoms with E-state index in [0.717, 1.165) is 6.42 Å². The molecule has 98 valence electrons. The minimum Gasteiger partial charge on any atom is -0.372 e. The van der Waals surface area contributed by atoms with Crippen LogP contribution in [0, 0.1) is 5.92 Å². The van der Waals surface area contributed by atoms with E-state index in [1.54, 1.807) is 0 Å². The summed E-state index contributed by atoms with van der Waals surface area (Å²) in [5.74, 6) is 0.568. The van der Waals surface area contributed by atoms with Crippen LogP contribution in [0.15, 0.2) is 0 Å². The molecule has 1 heterocycles. The Balaban J connectivity index is 1.76. The average Bonchev–Trinajstić information content (AvgIpc) is 2.70. The number of carbonyl (C=O) groups is 1. The normalized spacial score (nSPS) is 27.8. The van der Waals surface area contributed by atoms with Crippen LogP contribution >= 0.6 is 0 Å². The molecule has 2 heteroatoms. The predicted octanol–water partition coefficient (Wildman–Crippen LogP) is 3.87. The molecule has 1 aliphatic heterocycles. The third-order valence-corrected chi connectivity index (χ3v) is 4.46. The fourth-order valence-corrected chi connectivity index (χ4v) is 3.25. The van der Waals surface area contributed by atoms with E-state index in [1.165, 1.54) is 44.9 Å². The molecule has 1 aliphatic carbocycles. The number of carbonyl (C=O) groups excluding carboxylic acids is 1. The summed E-state index contributed by atoms with van der Waals surface area (Å²) in [6.07, 6.45) is 11.0. The van der Waals surface area contributed by atoms with Crippen LogP contribution in [0.3, 0.4) is 0 Å². The van der Waals surface area contributed by atoms with E-state index >= 15 is 0 Å². The first-order chi connectivity index (χ1) is 8.11. The van der Waals surface area contributed by atoms with Crippen LogP contribution in [-0.4, -0.2) is 17.5 Å². The molecule has 0 N–H and O–H groups in total.